The second kappa shape index (κ2) is 12.9. The molecule has 0 atom stereocenters. The van der Waals surface area contributed by atoms with E-state index in [4.69, 9.17) is 4.84 Å². The van der Waals surface area contributed by atoms with E-state index in [1.807, 2.05) is 19.9 Å². The first-order valence-corrected chi connectivity index (χ1v) is 8.49. The number of carbonyl (C=O) groups is 2. The maximum atomic E-state index is 11.4. The van der Waals surface area contributed by atoms with Crippen LogP contribution in [-0.4, -0.2) is 29.4 Å². The molecule has 0 unspecified atom stereocenters. The number of amides is 1. The first kappa shape index (κ1) is 21.4. The second-order valence-electron chi connectivity index (χ2n) is 5.63. The van der Waals surface area contributed by atoms with Crippen LogP contribution in [0.1, 0.15) is 66.2 Å². The fraction of sp³-hybridized carbons (Fsp3) is 0.667. The monoisotopic (exact) mass is 324 g/mol. The van der Waals surface area contributed by atoms with Crippen molar-refractivity contribution in [3.63, 3.8) is 0 Å². The van der Waals surface area contributed by atoms with Crippen molar-refractivity contribution >= 4 is 11.9 Å². The summed E-state index contributed by atoms with van der Waals surface area (Å²) in [5, 5.41) is 0. The van der Waals surface area contributed by atoms with E-state index in [-0.39, 0.29) is 11.9 Å². The summed E-state index contributed by atoms with van der Waals surface area (Å²) in [4.78, 5) is 28.5. The highest BCUT2D eigenvalue weighted by Gasteiger charge is 2.15. The Bertz CT molecular complexity index is 399. The van der Waals surface area contributed by atoms with Gasteiger partial charge in [0.05, 0.1) is 0 Å². The zero-order valence-electron chi connectivity index (χ0n) is 15.1. The van der Waals surface area contributed by atoms with Gasteiger partial charge in [0.25, 0.3) is 0 Å². The molecule has 5 heteroatoms. The lowest BCUT2D eigenvalue weighted by atomic mass is 9.96. The molecule has 1 N–H and O–H groups in total. The average molecular weight is 324 g/mol. The molecule has 0 aromatic carbocycles. The van der Waals surface area contributed by atoms with Crippen LogP contribution in [-0.2, 0) is 14.4 Å². The summed E-state index contributed by atoms with van der Waals surface area (Å²) in [7, 11) is 0. The SMILES string of the molecule is C=CN(CC)C(C)=O.CCC=C(C)C(=O)ONC1CCCCC1. The Morgan fingerprint density at radius 2 is 1.83 bits per heavy atom. The van der Waals surface area contributed by atoms with Crippen LogP contribution in [0.5, 0.6) is 0 Å². The second-order valence-corrected chi connectivity index (χ2v) is 5.63. The number of allylic oxidation sites excluding steroid dienone is 1. The minimum Gasteiger partial charge on any atom is -0.367 e. The maximum Gasteiger partial charge on any atom is 0.352 e. The third-order valence-corrected chi connectivity index (χ3v) is 3.72. The van der Waals surface area contributed by atoms with Gasteiger partial charge in [-0.1, -0.05) is 38.8 Å². The molecule has 1 aliphatic carbocycles. The zero-order valence-corrected chi connectivity index (χ0v) is 15.1. The molecule has 1 amide bonds. The number of hydroxylamine groups is 1. The molecule has 1 rings (SSSR count). The lowest BCUT2D eigenvalue weighted by molar-refractivity contribution is -0.148. The molecule has 0 radical (unpaired) electrons. The molecule has 1 fully saturated rings. The van der Waals surface area contributed by atoms with E-state index in [1.165, 1.54) is 32.4 Å². The topological polar surface area (TPSA) is 58.6 Å². The van der Waals surface area contributed by atoms with Gasteiger partial charge >= 0.3 is 5.97 Å². The van der Waals surface area contributed by atoms with E-state index >= 15 is 0 Å². The molecular formula is C18H32N2O3. The van der Waals surface area contributed by atoms with Crippen LogP contribution in [0.15, 0.2) is 24.4 Å². The van der Waals surface area contributed by atoms with Crippen molar-refractivity contribution in [2.45, 2.75) is 72.3 Å². The Balaban J connectivity index is 0.000000515. The van der Waals surface area contributed by atoms with Gasteiger partial charge in [0.2, 0.25) is 5.91 Å². The molecule has 0 spiro atoms. The van der Waals surface area contributed by atoms with Crippen LogP contribution < -0.4 is 5.48 Å². The summed E-state index contributed by atoms with van der Waals surface area (Å²) in [5.74, 6) is -0.204. The van der Waals surface area contributed by atoms with Crippen LogP contribution in [0.3, 0.4) is 0 Å². The Morgan fingerprint density at radius 1 is 1.22 bits per heavy atom. The fourth-order valence-corrected chi connectivity index (χ4v) is 2.31. The first-order valence-electron chi connectivity index (χ1n) is 8.49. The van der Waals surface area contributed by atoms with Gasteiger partial charge in [0.1, 0.15) is 0 Å². The van der Waals surface area contributed by atoms with Gasteiger partial charge in [-0.3, -0.25) is 4.79 Å². The summed E-state index contributed by atoms with van der Waals surface area (Å²) in [6.45, 7) is 11.4. The van der Waals surface area contributed by atoms with Crippen LogP contribution >= 0.6 is 0 Å². The summed E-state index contributed by atoms with van der Waals surface area (Å²) < 4.78 is 0. The van der Waals surface area contributed by atoms with Crippen molar-refractivity contribution in [3.8, 4) is 0 Å². The third kappa shape index (κ3) is 9.89. The van der Waals surface area contributed by atoms with Gasteiger partial charge in [0.15, 0.2) is 0 Å². The van der Waals surface area contributed by atoms with Gasteiger partial charge in [-0.2, -0.15) is 0 Å². The van der Waals surface area contributed by atoms with Gasteiger partial charge < -0.3 is 9.74 Å². The van der Waals surface area contributed by atoms with Crippen molar-refractivity contribution in [3.05, 3.63) is 24.4 Å². The number of rotatable bonds is 6. The molecule has 23 heavy (non-hydrogen) atoms. The molecule has 1 saturated carbocycles. The van der Waals surface area contributed by atoms with E-state index in [0.717, 1.165) is 19.3 Å². The lowest BCUT2D eigenvalue weighted by Crippen LogP contribution is -2.33. The molecule has 132 valence electrons. The highest BCUT2D eigenvalue weighted by atomic mass is 16.7. The maximum absolute atomic E-state index is 11.4. The molecular weight excluding hydrogens is 292 g/mol. The van der Waals surface area contributed by atoms with Crippen LogP contribution in [0.2, 0.25) is 0 Å². The van der Waals surface area contributed by atoms with Crippen LogP contribution in [0.4, 0.5) is 0 Å². The summed E-state index contributed by atoms with van der Waals surface area (Å²) in [6.07, 6.45) is 10.3. The van der Waals surface area contributed by atoms with Crippen molar-refractivity contribution in [1.82, 2.24) is 10.4 Å². The smallest absolute Gasteiger partial charge is 0.352 e. The number of hydrogen-bond acceptors (Lipinski definition) is 4. The van der Waals surface area contributed by atoms with E-state index < -0.39 is 0 Å². The zero-order chi connectivity index (χ0) is 17.7. The Morgan fingerprint density at radius 3 is 2.22 bits per heavy atom. The number of nitrogens with one attached hydrogen (secondary N) is 1. The Kier molecular flexibility index (Phi) is 12.0. The number of carbonyl (C=O) groups excluding carboxylic acids is 2. The van der Waals surface area contributed by atoms with E-state index in [0.29, 0.717) is 18.2 Å². The first-order chi connectivity index (χ1) is 11.0. The minimum absolute atomic E-state index is 0.0440. The summed E-state index contributed by atoms with van der Waals surface area (Å²) >= 11 is 0. The van der Waals surface area contributed by atoms with Crippen molar-refractivity contribution in [1.29, 1.82) is 0 Å². The van der Waals surface area contributed by atoms with Crippen LogP contribution in [0.25, 0.3) is 0 Å². The quantitative estimate of drug-likeness (QED) is 0.597. The molecule has 0 heterocycles. The van der Waals surface area contributed by atoms with E-state index in [9.17, 15) is 9.59 Å². The fourth-order valence-electron chi connectivity index (χ4n) is 2.31. The standard InChI is InChI=1S/C12H21NO2.C6H11NO/c1-3-7-10(2)12(14)15-13-11-8-5-4-6-9-11;1-4-7(5-2)6(3)8/h7,11,13H,3-6,8-9H2,1-2H3;4H,1,5H2,2-3H3. The largest absolute Gasteiger partial charge is 0.367 e. The lowest BCUT2D eigenvalue weighted by Gasteiger charge is -2.21. The molecule has 0 bridgehead atoms. The minimum atomic E-state index is -0.248. The van der Waals surface area contributed by atoms with Crippen molar-refractivity contribution < 1.29 is 14.4 Å². The van der Waals surface area contributed by atoms with Gasteiger partial charge in [-0.15, -0.1) is 5.48 Å². The molecule has 0 saturated heterocycles. The predicted octanol–water partition coefficient (Wildman–Crippen LogP) is 3.72. The average Bonchev–Trinajstić information content (AvgIpc) is 2.55. The third-order valence-electron chi connectivity index (χ3n) is 3.72. The normalized spacial score (nSPS) is 15.2. The van der Waals surface area contributed by atoms with Crippen LogP contribution in [0, 0.1) is 0 Å². The van der Waals surface area contributed by atoms with Gasteiger partial charge in [-0.05, 0) is 39.3 Å². The van der Waals surface area contributed by atoms with E-state index in [1.54, 1.807) is 11.8 Å². The van der Waals surface area contributed by atoms with Crippen molar-refractivity contribution in [2.75, 3.05) is 6.54 Å². The van der Waals surface area contributed by atoms with Gasteiger partial charge in [0, 0.05) is 25.1 Å². The Hall–Kier alpha value is -1.62. The molecule has 0 aromatic heterocycles. The molecule has 0 aliphatic heterocycles. The number of hydrogen-bond donors (Lipinski definition) is 1. The highest BCUT2D eigenvalue weighted by Crippen LogP contribution is 2.17. The molecule has 0 aromatic rings. The summed E-state index contributed by atoms with van der Waals surface area (Å²) in [5.41, 5.74) is 3.55. The molecule has 5 nitrogen and oxygen atoms in total. The van der Waals surface area contributed by atoms with E-state index in [2.05, 4.69) is 12.1 Å². The Labute approximate surface area is 140 Å². The van der Waals surface area contributed by atoms with Gasteiger partial charge in [-0.25, -0.2) is 4.79 Å². The predicted molar refractivity (Wildman–Crippen MR) is 93.4 cm³/mol. The highest BCUT2D eigenvalue weighted by molar-refractivity contribution is 5.87. The summed E-state index contributed by atoms with van der Waals surface area (Å²) in [6, 6.07) is 0.358. The number of nitrogens with zero attached hydrogens (tertiary/aromatic N) is 1. The van der Waals surface area contributed by atoms with Crippen molar-refractivity contribution in [2.24, 2.45) is 0 Å². The molecule has 1 aliphatic rings.